The van der Waals surface area contributed by atoms with E-state index in [-0.39, 0.29) is 18.1 Å². The lowest BCUT2D eigenvalue weighted by Crippen LogP contribution is -2.25. The molecule has 2 aromatic rings. The maximum atomic E-state index is 12.5. The number of nitrogens with two attached hydrogens (primary N) is 1. The van der Waals surface area contributed by atoms with E-state index in [1.807, 2.05) is 16.7 Å². The first-order valence-electron chi connectivity index (χ1n) is 6.51. The Morgan fingerprint density at radius 2 is 1.95 bits per heavy atom. The average molecular weight is 309 g/mol. The molecule has 0 bridgehead atoms. The highest BCUT2D eigenvalue weighted by molar-refractivity contribution is 6.36. The van der Waals surface area contributed by atoms with Crippen molar-refractivity contribution in [3.05, 3.63) is 56.3 Å². The summed E-state index contributed by atoms with van der Waals surface area (Å²) in [4.78, 5) is 12.5. The van der Waals surface area contributed by atoms with E-state index in [1.165, 1.54) is 0 Å². The number of benzene rings is 1. The predicted octanol–water partition coefficient (Wildman–Crippen LogP) is 3.62. The zero-order valence-electron chi connectivity index (χ0n) is 10.8. The van der Waals surface area contributed by atoms with Gasteiger partial charge < -0.3 is 10.3 Å². The van der Waals surface area contributed by atoms with Crippen LogP contribution in [0.25, 0.3) is 11.3 Å². The summed E-state index contributed by atoms with van der Waals surface area (Å²) in [6.45, 7) is 0.250. The molecule has 1 aromatic carbocycles. The Hall–Kier alpha value is -1.29. The first-order chi connectivity index (χ1) is 9.61. The van der Waals surface area contributed by atoms with Crippen molar-refractivity contribution in [3.8, 4) is 11.3 Å². The second kappa shape index (κ2) is 5.24. The van der Waals surface area contributed by atoms with Crippen LogP contribution in [0.1, 0.15) is 24.4 Å². The fraction of sp³-hybridized carbons (Fsp3) is 0.267. The fourth-order valence-electron chi connectivity index (χ4n) is 2.36. The van der Waals surface area contributed by atoms with Crippen molar-refractivity contribution in [2.75, 3.05) is 0 Å². The summed E-state index contributed by atoms with van der Waals surface area (Å²) >= 11 is 12.2. The highest BCUT2D eigenvalue weighted by Gasteiger charge is 2.28. The third-order valence-corrected chi connectivity index (χ3v) is 4.08. The van der Waals surface area contributed by atoms with Crippen LogP contribution >= 0.6 is 23.2 Å². The van der Waals surface area contributed by atoms with Gasteiger partial charge in [0.25, 0.3) is 5.56 Å². The second-order valence-corrected chi connectivity index (χ2v) is 5.82. The second-order valence-electron chi connectivity index (χ2n) is 4.98. The Morgan fingerprint density at radius 3 is 2.55 bits per heavy atom. The van der Waals surface area contributed by atoms with Crippen LogP contribution < -0.4 is 11.3 Å². The average Bonchev–Trinajstić information content (AvgIpc) is 3.23. The highest BCUT2D eigenvalue weighted by Crippen LogP contribution is 2.39. The van der Waals surface area contributed by atoms with Crippen molar-refractivity contribution in [2.45, 2.75) is 25.4 Å². The molecule has 0 aliphatic heterocycles. The molecule has 5 heteroatoms. The molecule has 104 valence electrons. The molecule has 1 fully saturated rings. The lowest BCUT2D eigenvalue weighted by molar-refractivity contribution is 0.704. The van der Waals surface area contributed by atoms with Crippen LogP contribution in [0.2, 0.25) is 10.0 Å². The predicted molar refractivity (Wildman–Crippen MR) is 82.3 cm³/mol. The van der Waals surface area contributed by atoms with Gasteiger partial charge in [0.15, 0.2) is 0 Å². The Bertz CT molecular complexity index is 720. The van der Waals surface area contributed by atoms with E-state index in [1.54, 1.807) is 18.2 Å². The summed E-state index contributed by atoms with van der Waals surface area (Å²) in [6.07, 6.45) is 2.04. The largest absolute Gasteiger partial charge is 0.326 e. The molecule has 0 amide bonds. The number of pyridine rings is 1. The molecular formula is C15H14Cl2N2O. The Kier molecular flexibility index (Phi) is 3.59. The van der Waals surface area contributed by atoms with E-state index < -0.39 is 0 Å². The van der Waals surface area contributed by atoms with E-state index in [0.29, 0.717) is 15.6 Å². The van der Waals surface area contributed by atoms with Gasteiger partial charge in [-0.2, -0.15) is 0 Å². The molecule has 0 unspecified atom stereocenters. The van der Waals surface area contributed by atoms with Gasteiger partial charge in [-0.15, -0.1) is 0 Å². The molecule has 0 radical (unpaired) electrons. The molecule has 3 rings (SSSR count). The van der Waals surface area contributed by atoms with E-state index in [9.17, 15) is 4.79 Å². The van der Waals surface area contributed by atoms with E-state index >= 15 is 0 Å². The minimum Gasteiger partial charge on any atom is -0.326 e. The maximum absolute atomic E-state index is 12.5. The monoisotopic (exact) mass is 308 g/mol. The summed E-state index contributed by atoms with van der Waals surface area (Å²) in [5, 5.41) is 1.13. The first-order valence-corrected chi connectivity index (χ1v) is 7.27. The minimum absolute atomic E-state index is 0.0153. The standard InChI is InChI=1S/C15H14Cl2N2O/c16-10-2-5-12(13(17)7-10)14-6-1-9(8-18)15(20)19(14)11-3-4-11/h1-2,5-7,11H,3-4,8,18H2. The summed E-state index contributed by atoms with van der Waals surface area (Å²) in [5.74, 6) is 0. The lowest BCUT2D eigenvalue weighted by Gasteiger charge is -2.15. The zero-order valence-corrected chi connectivity index (χ0v) is 12.3. The van der Waals surface area contributed by atoms with Crippen molar-refractivity contribution >= 4 is 23.2 Å². The van der Waals surface area contributed by atoms with Gasteiger partial charge in [-0.25, -0.2) is 0 Å². The molecule has 3 nitrogen and oxygen atoms in total. The third-order valence-electron chi connectivity index (χ3n) is 3.53. The van der Waals surface area contributed by atoms with Crippen molar-refractivity contribution in [2.24, 2.45) is 5.73 Å². The van der Waals surface area contributed by atoms with Crippen molar-refractivity contribution in [3.63, 3.8) is 0 Å². The number of aromatic nitrogens is 1. The number of hydrogen-bond donors (Lipinski definition) is 1. The minimum atomic E-state index is -0.0153. The van der Waals surface area contributed by atoms with Crippen LogP contribution in [0.15, 0.2) is 35.1 Å². The van der Waals surface area contributed by atoms with Crippen LogP contribution in [-0.2, 0) is 6.54 Å². The molecule has 1 aliphatic rings. The molecular weight excluding hydrogens is 295 g/mol. The lowest BCUT2D eigenvalue weighted by atomic mass is 10.1. The smallest absolute Gasteiger partial charge is 0.255 e. The number of nitrogens with zero attached hydrogens (tertiary/aromatic N) is 1. The quantitative estimate of drug-likeness (QED) is 0.941. The Labute approximate surface area is 126 Å². The molecule has 2 N–H and O–H groups in total. The maximum Gasteiger partial charge on any atom is 0.255 e. The van der Waals surface area contributed by atoms with Gasteiger partial charge in [-0.05, 0) is 37.1 Å². The van der Waals surface area contributed by atoms with Crippen molar-refractivity contribution in [1.82, 2.24) is 4.57 Å². The van der Waals surface area contributed by atoms with Crippen molar-refractivity contribution in [1.29, 1.82) is 0 Å². The number of hydrogen-bond acceptors (Lipinski definition) is 2. The Balaban J connectivity index is 2.23. The normalized spacial score (nSPS) is 14.6. The van der Waals surface area contributed by atoms with Gasteiger partial charge in [0.2, 0.25) is 0 Å². The zero-order chi connectivity index (χ0) is 14.3. The molecule has 1 saturated carbocycles. The van der Waals surface area contributed by atoms with E-state index in [4.69, 9.17) is 28.9 Å². The van der Waals surface area contributed by atoms with E-state index in [2.05, 4.69) is 0 Å². The SMILES string of the molecule is NCc1ccc(-c2ccc(Cl)cc2Cl)n(C2CC2)c1=O. The van der Waals surface area contributed by atoms with E-state index in [0.717, 1.165) is 24.1 Å². The van der Waals surface area contributed by atoms with Gasteiger partial charge in [0.05, 0.1) is 10.7 Å². The number of rotatable bonds is 3. The summed E-state index contributed by atoms with van der Waals surface area (Å²) in [6, 6.07) is 9.27. The first kappa shape index (κ1) is 13.7. The molecule has 1 aliphatic carbocycles. The third kappa shape index (κ3) is 2.37. The highest BCUT2D eigenvalue weighted by atomic mass is 35.5. The van der Waals surface area contributed by atoms with Gasteiger partial charge in [-0.3, -0.25) is 4.79 Å². The molecule has 0 spiro atoms. The molecule has 1 heterocycles. The van der Waals surface area contributed by atoms with Gasteiger partial charge in [0.1, 0.15) is 0 Å². The van der Waals surface area contributed by atoms with Crippen LogP contribution in [0.3, 0.4) is 0 Å². The van der Waals surface area contributed by atoms with Crippen LogP contribution in [0, 0.1) is 0 Å². The van der Waals surface area contributed by atoms with Crippen molar-refractivity contribution < 1.29 is 0 Å². The van der Waals surface area contributed by atoms with Gasteiger partial charge >= 0.3 is 0 Å². The molecule has 0 atom stereocenters. The summed E-state index contributed by atoms with van der Waals surface area (Å²) in [5.41, 5.74) is 7.89. The summed E-state index contributed by atoms with van der Waals surface area (Å²) < 4.78 is 1.82. The summed E-state index contributed by atoms with van der Waals surface area (Å²) in [7, 11) is 0. The van der Waals surface area contributed by atoms with Crippen LogP contribution in [0.4, 0.5) is 0 Å². The van der Waals surface area contributed by atoms with Crippen LogP contribution in [0.5, 0.6) is 0 Å². The fourth-order valence-corrected chi connectivity index (χ4v) is 2.87. The molecule has 0 saturated heterocycles. The molecule has 20 heavy (non-hydrogen) atoms. The molecule has 1 aromatic heterocycles. The van der Waals surface area contributed by atoms with Crippen LogP contribution in [-0.4, -0.2) is 4.57 Å². The van der Waals surface area contributed by atoms with Gasteiger partial charge in [-0.1, -0.05) is 29.3 Å². The Morgan fingerprint density at radius 1 is 1.20 bits per heavy atom. The van der Waals surface area contributed by atoms with Gasteiger partial charge in [0, 0.05) is 28.7 Å². The number of halogens is 2. The topological polar surface area (TPSA) is 48.0 Å².